The van der Waals surface area contributed by atoms with Crippen molar-refractivity contribution in [3.8, 4) is 0 Å². The Balaban J connectivity index is 2.25. The lowest BCUT2D eigenvalue weighted by molar-refractivity contribution is -0.107. The van der Waals surface area contributed by atoms with Crippen molar-refractivity contribution < 1.29 is 4.79 Å². The second kappa shape index (κ2) is 8.17. The first kappa shape index (κ1) is 13.0. The molecule has 0 saturated heterocycles. The molecule has 1 nitrogen and oxygen atoms in total. The van der Waals surface area contributed by atoms with Gasteiger partial charge in [0.05, 0.1) is 0 Å². The lowest BCUT2D eigenvalue weighted by atomic mass is 10.2. The molecule has 1 aromatic carbocycles. The number of carbonyl (C=O) groups excluding carboxylic acids is 1. The smallest absolute Gasteiger partial charge is 0.216 e. The average Bonchev–Trinajstić information content (AvgIpc) is 2.30. The van der Waals surface area contributed by atoms with Crippen molar-refractivity contribution in [2.75, 3.05) is 0 Å². The summed E-state index contributed by atoms with van der Waals surface area (Å²) in [5.41, 5.74) is 0. The van der Waals surface area contributed by atoms with Crippen LogP contribution < -0.4 is 0 Å². The number of allylic oxidation sites excluding steroid dienone is 1. The molecule has 2 heteroatoms. The molecule has 1 rings (SSSR count). The van der Waals surface area contributed by atoms with E-state index >= 15 is 0 Å². The second-order valence-corrected chi connectivity index (χ2v) is 4.71. The van der Waals surface area contributed by atoms with Gasteiger partial charge in [-0.1, -0.05) is 44.0 Å². The summed E-state index contributed by atoms with van der Waals surface area (Å²) in [5.74, 6) is 0. The van der Waals surface area contributed by atoms with Gasteiger partial charge in [-0.05, 0) is 42.8 Å². The number of benzene rings is 1. The van der Waals surface area contributed by atoms with Crippen molar-refractivity contribution in [3.63, 3.8) is 0 Å². The summed E-state index contributed by atoms with van der Waals surface area (Å²) in [6, 6.07) is 9.75. The van der Waals surface area contributed by atoms with E-state index in [1.165, 1.54) is 31.0 Å². The van der Waals surface area contributed by atoms with Gasteiger partial charge in [-0.3, -0.25) is 4.79 Å². The van der Waals surface area contributed by atoms with E-state index < -0.39 is 0 Å². The van der Waals surface area contributed by atoms with E-state index in [-0.39, 0.29) is 5.12 Å². The third kappa shape index (κ3) is 5.76. The fraction of sp³-hybridized carbons (Fsp3) is 0.357. The molecule has 86 valence electrons. The molecule has 0 bridgehead atoms. The zero-order chi connectivity index (χ0) is 11.6. The number of unbranched alkanes of at least 4 members (excludes halogenated alkanes) is 3. The van der Waals surface area contributed by atoms with Crippen LogP contribution in [0.25, 0.3) is 0 Å². The highest BCUT2D eigenvalue weighted by Crippen LogP contribution is 2.18. The highest BCUT2D eigenvalue weighted by Gasteiger charge is 1.98. The molecular weight excluding hydrogens is 216 g/mol. The number of thioether (sulfide) groups is 1. The molecular formula is C14H18OS. The van der Waals surface area contributed by atoms with Crippen molar-refractivity contribution in [2.24, 2.45) is 0 Å². The van der Waals surface area contributed by atoms with Crippen molar-refractivity contribution in [1.29, 1.82) is 0 Å². The average molecular weight is 234 g/mol. The van der Waals surface area contributed by atoms with Crippen molar-refractivity contribution in [1.82, 2.24) is 0 Å². The Hall–Kier alpha value is -1.02. The van der Waals surface area contributed by atoms with Crippen LogP contribution in [0.15, 0.2) is 47.4 Å². The van der Waals surface area contributed by atoms with Crippen molar-refractivity contribution >= 4 is 16.9 Å². The lowest BCUT2D eigenvalue weighted by Crippen LogP contribution is -1.84. The van der Waals surface area contributed by atoms with Crippen LogP contribution in [0.5, 0.6) is 0 Å². The van der Waals surface area contributed by atoms with Crippen LogP contribution in [0.2, 0.25) is 0 Å². The Morgan fingerprint density at radius 3 is 2.69 bits per heavy atom. The predicted octanol–water partition coefficient (Wildman–Crippen LogP) is 4.44. The van der Waals surface area contributed by atoms with Gasteiger partial charge in [0.15, 0.2) is 0 Å². The van der Waals surface area contributed by atoms with Crippen LogP contribution in [0.1, 0.15) is 32.6 Å². The number of hydrogen-bond donors (Lipinski definition) is 0. The van der Waals surface area contributed by atoms with Crippen LogP contribution >= 0.6 is 11.8 Å². The summed E-state index contributed by atoms with van der Waals surface area (Å²) in [4.78, 5) is 12.5. The Morgan fingerprint density at radius 2 is 2.00 bits per heavy atom. The normalized spacial score (nSPS) is 10.8. The Labute approximate surface area is 102 Å². The van der Waals surface area contributed by atoms with E-state index in [1.807, 2.05) is 36.4 Å². The molecule has 0 radical (unpaired) electrons. The van der Waals surface area contributed by atoms with Crippen LogP contribution in [0.3, 0.4) is 0 Å². The van der Waals surface area contributed by atoms with E-state index in [4.69, 9.17) is 0 Å². The Kier molecular flexibility index (Phi) is 6.66. The maximum absolute atomic E-state index is 11.5. The van der Waals surface area contributed by atoms with E-state index in [0.29, 0.717) is 0 Å². The molecule has 0 heterocycles. The van der Waals surface area contributed by atoms with Crippen LogP contribution in [0, 0.1) is 0 Å². The lowest BCUT2D eigenvalue weighted by Gasteiger charge is -1.95. The molecule has 0 atom stereocenters. The zero-order valence-corrected chi connectivity index (χ0v) is 10.5. The summed E-state index contributed by atoms with van der Waals surface area (Å²) in [5, 5.41) is 0.114. The molecule has 1 aromatic rings. The van der Waals surface area contributed by atoms with E-state index in [2.05, 4.69) is 6.92 Å². The van der Waals surface area contributed by atoms with Gasteiger partial charge in [0, 0.05) is 4.90 Å². The summed E-state index contributed by atoms with van der Waals surface area (Å²) in [7, 11) is 0. The largest absolute Gasteiger partial charge is 0.282 e. The standard InChI is InChI=1S/C14H18OS/c1-2-3-4-5-9-12-14(15)16-13-10-7-6-8-11-13/h6-12H,2-5H2,1H3/b12-9+. The molecule has 0 aliphatic heterocycles. The van der Waals surface area contributed by atoms with Gasteiger partial charge in [0.1, 0.15) is 0 Å². The summed E-state index contributed by atoms with van der Waals surface area (Å²) >= 11 is 1.28. The third-order valence-electron chi connectivity index (χ3n) is 2.19. The topological polar surface area (TPSA) is 17.1 Å². The summed E-state index contributed by atoms with van der Waals surface area (Å²) in [6.45, 7) is 2.18. The SMILES string of the molecule is CCCCC/C=C/C(=O)Sc1ccccc1. The maximum Gasteiger partial charge on any atom is 0.216 e. The first-order chi connectivity index (χ1) is 7.83. The Bertz CT molecular complexity index is 330. The highest BCUT2D eigenvalue weighted by atomic mass is 32.2. The first-order valence-corrected chi connectivity index (χ1v) is 6.58. The van der Waals surface area contributed by atoms with Crippen LogP contribution in [0.4, 0.5) is 0 Å². The maximum atomic E-state index is 11.5. The molecule has 0 unspecified atom stereocenters. The zero-order valence-electron chi connectivity index (χ0n) is 9.69. The minimum absolute atomic E-state index is 0.114. The van der Waals surface area contributed by atoms with E-state index in [9.17, 15) is 4.79 Å². The molecule has 0 amide bonds. The van der Waals surface area contributed by atoms with Gasteiger partial charge >= 0.3 is 0 Å². The van der Waals surface area contributed by atoms with Gasteiger partial charge in [0.25, 0.3) is 0 Å². The molecule has 0 aliphatic rings. The molecule has 0 spiro atoms. The van der Waals surface area contributed by atoms with Gasteiger partial charge < -0.3 is 0 Å². The minimum Gasteiger partial charge on any atom is -0.282 e. The van der Waals surface area contributed by atoms with Crippen molar-refractivity contribution in [2.45, 2.75) is 37.5 Å². The minimum atomic E-state index is 0.114. The van der Waals surface area contributed by atoms with Gasteiger partial charge in [0.2, 0.25) is 5.12 Å². The molecule has 0 aromatic heterocycles. The first-order valence-electron chi connectivity index (χ1n) is 5.76. The number of carbonyl (C=O) groups is 1. The quantitative estimate of drug-likeness (QED) is 0.411. The third-order valence-corrected chi connectivity index (χ3v) is 3.04. The summed E-state index contributed by atoms with van der Waals surface area (Å²) < 4.78 is 0. The van der Waals surface area contributed by atoms with Gasteiger partial charge in [-0.15, -0.1) is 0 Å². The molecule has 0 fully saturated rings. The van der Waals surface area contributed by atoms with Crippen LogP contribution in [-0.2, 0) is 4.79 Å². The fourth-order valence-electron chi connectivity index (χ4n) is 1.33. The summed E-state index contributed by atoms with van der Waals surface area (Å²) in [6.07, 6.45) is 8.32. The van der Waals surface area contributed by atoms with Crippen molar-refractivity contribution in [3.05, 3.63) is 42.5 Å². The molecule has 0 N–H and O–H groups in total. The number of hydrogen-bond acceptors (Lipinski definition) is 2. The monoisotopic (exact) mass is 234 g/mol. The Morgan fingerprint density at radius 1 is 1.25 bits per heavy atom. The number of rotatable bonds is 6. The van der Waals surface area contributed by atoms with E-state index in [0.717, 1.165) is 11.3 Å². The molecule has 0 saturated carbocycles. The van der Waals surface area contributed by atoms with Crippen LogP contribution in [-0.4, -0.2) is 5.12 Å². The molecule has 16 heavy (non-hydrogen) atoms. The van der Waals surface area contributed by atoms with E-state index in [1.54, 1.807) is 6.08 Å². The molecule has 0 aliphatic carbocycles. The highest BCUT2D eigenvalue weighted by molar-refractivity contribution is 8.14. The van der Waals surface area contributed by atoms with Gasteiger partial charge in [-0.2, -0.15) is 0 Å². The van der Waals surface area contributed by atoms with Gasteiger partial charge in [-0.25, -0.2) is 0 Å². The fourth-order valence-corrected chi connectivity index (χ4v) is 2.02. The second-order valence-electron chi connectivity index (χ2n) is 3.63. The predicted molar refractivity (Wildman–Crippen MR) is 70.6 cm³/mol.